The Hall–Kier alpha value is -2.69. The quantitative estimate of drug-likeness (QED) is 0.894. The van der Waals surface area contributed by atoms with E-state index in [2.05, 4.69) is 5.32 Å². The predicted octanol–water partition coefficient (Wildman–Crippen LogP) is 3.75. The van der Waals surface area contributed by atoms with E-state index in [9.17, 15) is 14.0 Å². The van der Waals surface area contributed by atoms with E-state index in [4.69, 9.17) is 0 Å². The molecule has 0 bridgehead atoms. The Bertz CT molecular complexity index is 819. The molecule has 142 valence electrons. The lowest BCUT2D eigenvalue weighted by Crippen LogP contribution is -2.46. The monoisotopic (exact) mass is 368 g/mol. The molecular formula is C22H25FN2O2. The second-order valence-corrected chi connectivity index (χ2v) is 7.22. The van der Waals surface area contributed by atoms with Crippen molar-refractivity contribution in [2.75, 3.05) is 6.54 Å². The van der Waals surface area contributed by atoms with Gasteiger partial charge in [-0.3, -0.25) is 9.59 Å². The number of nitrogens with one attached hydrogen (secondary N) is 1. The summed E-state index contributed by atoms with van der Waals surface area (Å²) in [6, 6.07) is 14.2. The molecule has 2 amide bonds. The molecule has 1 aliphatic heterocycles. The van der Waals surface area contributed by atoms with Crippen LogP contribution in [-0.2, 0) is 16.1 Å². The maximum absolute atomic E-state index is 13.2. The molecule has 1 heterocycles. The van der Waals surface area contributed by atoms with Crippen LogP contribution in [0, 0.1) is 18.7 Å². The molecule has 0 saturated carbocycles. The summed E-state index contributed by atoms with van der Waals surface area (Å²) in [5.74, 6) is -0.617. The van der Waals surface area contributed by atoms with Crippen LogP contribution >= 0.6 is 0 Å². The minimum absolute atomic E-state index is 0.0275. The van der Waals surface area contributed by atoms with Crippen LogP contribution < -0.4 is 5.32 Å². The fourth-order valence-electron chi connectivity index (χ4n) is 3.72. The Morgan fingerprint density at radius 1 is 1.15 bits per heavy atom. The lowest BCUT2D eigenvalue weighted by Gasteiger charge is -2.39. The standard InChI is InChI=1S/C22H25FN2O2/c1-15-4-3-5-17(12-15)13-24-22(27)19-8-11-21(25(14-19)16(2)26)18-6-9-20(23)10-7-18/h3-7,9-10,12,19,21H,8,11,13-14H2,1-2H3,(H,24,27). The zero-order valence-electron chi connectivity index (χ0n) is 15.7. The maximum atomic E-state index is 13.2. The highest BCUT2D eigenvalue weighted by Gasteiger charge is 2.34. The van der Waals surface area contributed by atoms with E-state index in [-0.39, 0.29) is 29.6 Å². The minimum atomic E-state index is -0.294. The number of hydrogen-bond donors (Lipinski definition) is 1. The molecule has 0 aliphatic carbocycles. The van der Waals surface area contributed by atoms with Crippen LogP contribution in [-0.4, -0.2) is 23.3 Å². The number of benzene rings is 2. The Morgan fingerprint density at radius 2 is 1.89 bits per heavy atom. The van der Waals surface area contributed by atoms with Gasteiger partial charge in [-0.25, -0.2) is 4.39 Å². The Balaban J connectivity index is 1.64. The molecule has 0 spiro atoms. The topological polar surface area (TPSA) is 49.4 Å². The first kappa shape index (κ1) is 19.1. The van der Waals surface area contributed by atoms with Crippen LogP contribution in [0.25, 0.3) is 0 Å². The van der Waals surface area contributed by atoms with Gasteiger partial charge >= 0.3 is 0 Å². The first-order chi connectivity index (χ1) is 12.9. The molecule has 2 atom stereocenters. The molecular weight excluding hydrogens is 343 g/mol. The van der Waals surface area contributed by atoms with Crippen molar-refractivity contribution in [1.82, 2.24) is 10.2 Å². The number of rotatable bonds is 4. The van der Waals surface area contributed by atoms with E-state index in [0.717, 1.165) is 16.7 Å². The summed E-state index contributed by atoms with van der Waals surface area (Å²) in [5.41, 5.74) is 3.13. The summed E-state index contributed by atoms with van der Waals surface area (Å²) in [7, 11) is 0. The molecule has 2 aromatic rings. The minimum Gasteiger partial charge on any atom is -0.352 e. The van der Waals surface area contributed by atoms with E-state index < -0.39 is 0 Å². The number of halogens is 1. The average molecular weight is 368 g/mol. The van der Waals surface area contributed by atoms with Crippen molar-refractivity contribution in [3.8, 4) is 0 Å². The number of carbonyl (C=O) groups is 2. The van der Waals surface area contributed by atoms with Gasteiger partial charge in [0.2, 0.25) is 11.8 Å². The highest BCUT2D eigenvalue weighted by atomic mass is 19.1. The van der Waals surface area contributed by atoms with E-state index in [0.29, 0.717) is 25.9 Å². The van der Waals surface area contributed by atoms with Crippen LogP contribution in [0.3, 0.4) is 0 Å². The Morgan fingerprint density at radius 3 is 2.56 bits per heavy atom. The normalized spacial score (nSPS) is 19.6. The zero-order chi connectivity index (χ0) is 19.4. The van der Waals surface area contributed by atoms with Gasteiger partial charge in [0.05, 0.1) is 12.0 Å². The smallest absolute Gasteiger partial charge is 0.225 e. The average Bonchev–Trinajstić information content (AvgIpc) is 2.66. The molecule has 3 rings (SSSR count). The first-order valence-corrected chi connectivity index (χ1v) is 9.30. The van der Waals surface area contributed by atoms with Crippen molar-refractivity contribution < 1.29 is 14.0 Å². The van der Waals surface area contributed by atoms with E-state index in [1.807, 2.05) is 31.2 Å². The number of aryl methyl sites for hydroxylation is 1. The SMILES string of the molecule is CC(=O)N1CC(C(=O)NCc2cccc(C)c2)CCC1c1ccc(F)cc1. The summed E-state index contributed by atoms with van der Waals surface area (Å²) in [4.78, 5) is 26.5. The van der Waals surface area contributed by atoms with Crippen molar-refractivity contribution in [1.29, 1.82) is 0 Å². The summed E-state index contributed by atoms with van der Waals surface area (Å²) >= 11 is 0. The zero-order valence-corrected chi connectivity index (χ0v) is 15.7. The summed E-state index contributed by atoms with van der Waals surface area (Å²) in [6.45, 7) is 4.41. The van der Waals surface area contributed by atoms with Gasteiger partial charge in [-0.05, 0) is 43.0 Å². The highest BCUT2D eigenvalue weighted by molar-refractivity contribution is 5.81. The maximum Gasteiger partial charge on any atom is 0.225 e. The number of nitrogens with zero attached hydrogens (tertiary/aromatic N) is 1. The molecule has 1 saturated heterocycles. The molecule has 1 fully saturated rings. The van der Waals surface area contributed by atoms with Gasteiger partial charge in [0.25, 0.3) is 0 Å². The van der Waals surface area contributed by atoms with E-state index in [1.54, 1.807) is 17.0 Å². The molecule has 5 heteroatoms. The molecule has 27 heavy (non-hydrogen) atoms. The number of piperidine rings is 1. The lowest BCUT2D eigenvalue weighted by atomic mass is 9.88. The largest absolute Gasteiger partial charge is 0.352 e. The van der Waals surface area contributed by atoms with E-state index >= 15 is 0 Å². The van der Waals surface area contributed by atoms with Gasteiger partial charge in [-0.15, -0.1) is 0 Å². The van der Waals surface area contributed by atoms with Gasteiger partial charge in [0.1, 0.15) is 5.82 Å². The van der Waals surface area contributed by atoms with Crippen LogP contribution in [0.2, 0.25) is 0 Å². The van der Waals surface area contributed by atoms with E-state index in [1.165, 1.54) is 19.1 Å². The highest BCUT2D eigenvalue weighted by Crippen LogP contribution is 2.33. The first-order valence-electron chi connectivity index (χ1n) is 9.30. The third-order valence-corrected chi connectivity index (χ3v) is 5.16. The van der Waals surface area contributed by atoms with Gasteiger partial charge in [-0.2, -0.15) is 0 Å². The van der Waals surface area contributed by atoms with Crippen molar-refractivity contribution in [2.24, 2.45) is 5.92 Å². The van der Waals surface area contributed by atoms with Crippen molar-refractivity contribution in [3.63, 3.8) is 0 Å². The van der Waals surface area contributed by atoms with Crippen molar-refractivity contribution in [2.45, 2.75) is 39.3 Å². The molecule has 4 nitrogen and oxygen atoms in total. The van der Waals surface area contributed by atoms with Gasteiger partial charge in [0, 0.05) is 20.0 Å². The third-order valence-electron chi connectivity index (χ3n) is 5.16. The molecule has 1 N–H and O–H groups in total. The number of carbonyl (C=O) groups excluding carboxylic acids is 2. The summed E-state index contributed by atoms with van der Waals surface area (Å²) < 4.78 is 13.2. The molecule has 0 aromatic heterocycles. The third kappa shape index (κ3) is 4.73. The second-order valence-electron chi connectivity index (χ2n) is 7.22. The Kier molecular flexibility index (Phi) is 5.89. The molecule has 2 aromatic carbocycles. The summed E-state index contributed by atoms with van der Waals surface area (Å²) in [6.07, 6.45) is 1.39. The Labute approximate surface area is 159 Å². The van der Waals surface area contributed by atoms with Gasteiger partial charge in [-0.1, -0.05) is 42.0 Å². The number of hydrogen-bond acceptors (Lipinski definition) is 2. The second kappa shape index (κ2) is 8.33. The number of amides is 2. The molecule has 1 aliphatic rings. The molecule has 0 radical (unpaired) electrons. The van der Waals surface area contributed by atoms with Crippen LogP contribution in [0.5, 0.6) is 0 Å². The van der Waals surface area contributed by atoms with Crippen LogP contribution in [0.1, 0.15) is 42.5 Å². The fourth-order valence-corrected chi connectivity index (χ4v) is 3.72. The predicted molar refractivity (Wildman–Crippen MR) is 102 cm³/mol. The fraction of sp³-hybridized carbons (Fsp3) is 0.364. The lowest BCUT2D eigenvalue weighted by molar-refractivity contribution is -0.137. The summed E-state index contributed by atoms with van der Waals surface area (Å²) in [5, 5.41) is 2.99. The van der Waals surface area contributed by atoms with Crippen LogP contribution in [0.15, 0.2) is 48.5 Å². The van der Waals surface area contributed by atoms with Gasteiger partial charge in [0.15, 0.2) is 0 Å². The molecule has 2 unspecified atom stereocenters. The number of likely N-dealkylation sites (tertiary alicyclic amines) is 1. The van der Waals surface area contributed by atoms with Crippen LogP contribution in [0.4, 0.5) is 4.39 Å². The van der Waals surface area contributed by atoms with Crippen molar-refractivity contribution >= 4 is 11.8 Å². The van der Waals surface area contributed by atoms with Crippen molar-refractivity contribution in [3.05, 3.63) is 71.0 Å². The van der Waals surface area contributed by atoms with Gasteiger partial charge < -0.3 is 10.2 Å².